The molecule has 1 amide bonds. The third-order valence-corrected chi connectivity index (χ3v) is 3.92. The number of pyridine rings is 1. The Balaban J connectivity index is 2.08. The first kappa shape index (κ1) is 15.0. The number of nitrogens with one attached hydrogen (secondary N) is 1. The van der Waals surface area contributed by atoms with Crippen LogP contribution in [0.1, 0.15) is 12.8 Å². The van der Waals surface area contributed by atoms with Crippen molar-refractivity contribution in [1.29, 1.82) is 0 Å². The van der Waals surface area contributed by atoms with Crippen LogP contribution in [0.15, 0.2) is 17.2 Å². The van der Waals surface area contributed by atoms with Crippen LogP contribution in [0.25, 0.3) is 0 Å². The van der Waals surface area contributed by atoms with E-state index in [9.17, 15) is 18.0 Å². The molecule has 8 heteroatoms. The predicted octanol–water partition coefficient (Wildman–Crippen LogP) is 2.90. The van der Waals surface area contributed by atoms with Crippen molar-refractivity contribution < 1.29 is 18.0 Å². The number of carbonyl (C=O) groups excluding carboxylic acids is 1. The number of carbonyl (C=O) groups is 1. The zero-order valence-electron chi connectivity index (χ0n) is 10.8. The number of fused-ring (bicyclic) bond motifs is 1. The van der Waals surface area contributed by atoms with E-state index >= 15 is 0 Å². The fraction of sp³-hybridized carbons (Fsp3) is 0.500. The van der Waals surface area contributed by atoms with Crippen molar-refractivity contribution in [2.24, 2.45) is 0 Å². The Morgan fingerprint density at radius 3 is 2.95 bits per heavy atom. The number of halogens is 3. The highest BCUT2D eigenvalue weighted by atomic mass is 32.2. The average molecular weight is 305 g/mol. The standard InChI is InChI=1S/C12H14F3N3OS/c1-18-8-7-17-10(16-4-3-12(13,14)15)6-9(8)20-5-2-11(18)19/h6-7H,2-5H2,1H3,(H,16,17). The molecule has 4 nitrogen and oxygen atoms in total. The van der Waals surface area contributed by atoms with Crippen LogP contribution in [0.5, 0.6) is 0 Å². The first-order valence-electron chi connectivity index (χ1n) is 6.07. The van der Waals surface area contributed by atoms with Crippen molar-refractivity contribution in [2.45, 2.75) is 23.9 Å². The summed E-state index contributed by atoms with van der Waals surface area (Å²) < 4.78 is 36.2. The van der Waals surface area contributed by atoms with Gasteiger partial charge in [-0.1, -0.05) is 0 Å². The van der Waals surface area contributed by atoms with Gasteiger partial charge < -0.3 is 10.2 Å². The molecule has 110 valence electrons. The number of hydrogen-bond donors (Lipinski definition) is 1. The highest BCUT2D eigenvalue weighted by molar-refractivity contribution is 7.99. The van der Waals surface area contributed by atoms with Gasteiger partial charge in [-0.05, 0) is 6.07 Å². The fourth-order valence-electron chi connectivity index (χ4n) is 1.78. The smallest absolute Gasteiger partial charge is 0.370 e. The monoisotopic (exact) mass is 305 g/mol. The second kappa shape index (κ2) is 5.90. The van der Waals surface area contributed by atoms with Crippen LogP contribution < -0.4 is 10.2 Å². The molecule has 2 rings (SSSR count). The lowest BCUT2D eigenvalue weighted by atomic mass is 10.3. The summed E-state index contributed by atoms with van der Waals surface area (Å²) in [5.41, 5.74) is 0.693. The molecule has 0 aliphatic carbocycles. The van der Waals surface area contributed by atoms with Crippen LogP contribution in [0.3, 0.4) is 0 Å². The Labute approximate surface area is 118 Å². The van der Waals surface area contributed by atoms with E-state index in [2.05, 4.69) is 10.3 Å². The van der Waals surface area contributed by atoms with Gasteiger partial charge in [0.25, 0.3) is 0 Å². The van der Waals surface area contributed by atoms with Crippen LogP contribution >= 0.6 is 11.8 Å². The summed E-state index contributed by atoms with van der Waals surface area (Å²) in [6, 6.07) is 1.69. The molecule has 0 bridgehead atoms. The molecule has 0 atom stereocenters. The van der Waals surface area contributed by atoms with Crippen LogP contribution in [0.2, 0.25) is 0 Å². The number of alkyl halides is 3. The van der Waals surface area contributed by atoms with E-state index in [1.807, 2.05) is 0 Å². The van der Waals surface area contributed by atoms with Crippen molar-refractivity contribution in [3.05, 3.63) is 12.3 Å². The second-order valence-electron chi connectivity index (χ2n) is 4.38. The second-order valence-corrected chi connectivity index (χ2v) is 5.52. The van der Waals surface area contributed by atoms with Gasteiger partial charge in [-0.15, -0.1) is 11.8 Å². The van der Waals surface area contributed by atoms with Gasteiger partial charge in [0.1, 0.15) is 5.82 Å². The molecule has 1 aromatic rings. The maximum atomic E-state index is 12.1. The van der Waals surface area contributed by atoms with E-state index in [0.717, 1.165) is 4.90 Å². The molecule has 0 saturated carbocycles. The Morgan fingerprint density at radius 2 is 2.25 bits per heavy atom. The Morgan fingerprint density at radius 1 is 1.50 bits per heavy atom. The summed E-state index contributed by atoms with van der Waals surface area (Å²) in [5.74, 6) is 1.06. The molecule has 1 aromatic heterocycles. The van der Waals surface area contributed by atoms with Gasteiger partial charge in [-0.3, -0.25) is 4.79 Å². The molecule has 0 unspecified atom stereocenters. The molecule has 20 heavy (non-hydrogen) atoms. The third-order valence-electron chi connectivity index (χ3n) is 2.87. The maximum Gasteiger partial charge on any atom is 0.390 e. The van der Waals surface area contributed by atoms with Crippen molar-refractivity contribution in [3.63, 3.8) is 0 Å². The summed E-state index contributed by atoms with van der Waals surface area (Å²) in [6.07, 6.45) is -3.13. The molecule has 0 spiro atoms. The number of amides is 1. The van der Waals surface area contributed by atoms with Gasteiger partial charge in [0.2, 0.25) is 5.91 Å². The largest absolute Gasteiger partial charge is 0.390 e. The van der Waals surface area contributed by atoms with Gasteiger partial charge >= 0.3 is 6.18 Å². The van der Waals surface area contributed by atoms with E-state index < -0.39 is 12.6 Å². The Kier molecular flexibility index (Phi) is 4.42. The van der Waals surface area contributed by atoms with E-state index in [-0.39, 0.29) is 12.5 Å². The number of thioether (sulfide) groups is 1. The molecule has 1 aliphatic rings. The molecule has 0 saturated heterocycles. The zero-order chi connectivity index (χ0) is 14.8. The lowest BCUT2D eigenvalue weighted by molar-refractivity contribution is -0.131. The van der Waals surface area contributed by atoms with Gasteiger partial charge in [0.15, 0.2) is 0 Å². The first-order valence-corrected chi connectivity index (χ1v) is 7.05. The number of rotatable bonds is 3. The van der Waals surface area contributed by atoms with Crippen LogP contribution in [-0.4, -0.2) is 36.4 Å². The van der Waals surface area contributed by atoms with E-state index in [1.165, 1.54) is 22.9 Å². The van der Waals surface area contributed by atoms with Crippen LogP contribution in [0.4, 0.5) is 24.7 Å². The summed E-state index contributed by atoms with van der Waals surface area (Å²) in [6.45, 7) is -0.214. The summed E-state index contributed by atoms with van der Waals surface area (Å²) in [4.78, 5) is 18.1. The minimum Gasteiger partial charge on any atom is -0.370 e. The van der Waals surface area contributed by atoms with Crippen molar-refractivity contribution >= 4 is 29.2 Å². The van der Waals surface area contributed by atoms with E-state index in [1.54, 1.807) is 13.1 Å². The lowest BCUT2D eigenvalue weighted by Gasteiger charge is -2.17. The van der Waals surface area contributed by atoms with Gasteiger partial charge in [-0.25, -0.2) is 4.98 Å². The Bertz CT molecular complexity index is 507. The van der Waals surface area contributed by atoms with E-state index in [0.29, 0.717) is 23.7 Å². The van der Waals surface area contributed by atoms with Crippen molar-refractivity contribution in [2.75, 3.05) is 29.6 Å². The van der Waals surface area contributed by atoms with Crippen LogP contribution in [-0.2, 0) is 4.79 Å². The minimum atomic E-state index is -4.18. The summed E-state index contributed by atoms with van der Waals surface area (Å²) in [5, 5.41) is 2.65. The molecule has 0 fully saturated rings. The molecule has 1 aliphatic heterocycles. The lowest BCUT2D eigenvalue weighted by Crippen LogP contribution is -2.25. The first-order chi connectivity index (χ1) is 9.37. The molecule has 0 radical (unpaired) electrons. The van der Waals surface area contributed by atoms with Gasteiger partial charge in [-0.2, -0.15) is 13.2 Å². The van der Waals surface area contributed by atoms with Gasteiger partial charge in [0, 0.05) is 30.7 Å². The van der Waals surface area contributed by atoms with Crippen LogP contribution in [0, 0.1) is 0 Å². The third kappa shape index (κ3) is 3.78. The fourth-order valence-corrected chi connectivity index (χ4v) is 2.81. The SMILES string of the molecule is CN1C(=O)CCSc2cc(NCCC(F)(F)F)ncc21. The number of nitrogens with zero attached hydrogens (tertiary/aromatic N) is 2. The zero-order valence-corrected chi connectivity index (χ0v) is 11.6. The summed E-state index contributed by atoms with van der Waals surface area (Å²) >= 11 is 1.51. The predicted molar refractivity (Wildman–Crippen MR) is 72.1 cm³/mol. The molecule has 1 N–H and O–H groups in total. The van der Waals surface area contributed by atoms with Crippen molar-refractivity contribution in [1.82, 2.24) is 4.98 Å². The summed E-state index contributed by atoms with van der Waals surface area (Å²) in [7, 11) is 1.67. The molecule has 0 aromatic carbocycles. The number of aromatic nitrogens is 1. The van der Waals surface area contributed by atoms with Gasteiger partial charge in [0.05, 0.1) is 18.3 Å². The number of anilines is 2. The quantitative estimate of drug-likeness (QED) is 0.932. The minimum absolute atomic E-state index is 0.0100. The molecular weight excluding hydrogens is 291 g/mol. The topological polar surface area (TPSA) is 45.2 Å². The molecule has 2 heterocycles. The van der Waals surface area contributed by atoms with Crippen molar-refractivity contribution in [3.8, 4) is 0 Å². The molecular formula is C12H14F3N3OS. The maximum absolute atomic E-state index is 12.1. The normalized spacial score (nSPS) is 15.8. The highest BCUT2D eigenvalue weighted by Crippen LogP contribution is 2.34. The average Bonchev–Trinajstić information content (AvgIpc) is 2.49. The number of hydrogen-bond acceptors (Lipinski definition) is 4. The Hall–Kier alpha value is -1.44. The van der Waals surface area contributed by atoms with E-state index in [4.69, 9.17) is 0 Å². The highest BCUT2D eigenvalue weighted by Gasteiger charge is 2.26.